The number of hydrogen-bond acceptors (Lipinski definition) is 3. The molecule has 1 aliphatic rings. The third-order valence-electron chi connectivity index (χ3n) is 4.04. The molecule has 0 heterocycles. The molecule has 1 aromatic rings. The molecule has 3 N–H and O–H groups in total. The second kappa shape index (κ2) is 5.95. The lowest BCUT2D eigenvalue weighted by molar-refractivity contribution is -0.124. The fourth-order valence-electron chi connectivity index (χ4n) is 2.57. The lowest BCUT2D eigenvalue weighted by Crippen LogP contribution is -2.39. The SMILES string of the molecule is CC1CCC(NC(=O)COc2cccc(N)c2)C1C. The van der Waals surface area contributed by atoms with Gasteiger partial charge >= 0.3 is 0 Å². The van der Waals surface area contributed by atoms with Crippen LogP contribution in [0.25, 0.3) is 0 Å². The minimum atomic E-state index is -0.0617. The molecule has 0 radical (unpaired) electrons. The van der Waals surface area contributed by atoms with Crippen LogP contribution in [0.2, 0.25) is 0 Å². The summed E-state index contributed by atoms with van der Waals surface area (Å²) in [5, 5.41) is 3.05. The van der Waals surface area contributed by atoms with E-state index in [1.807, 2.05) is 6.07 Å². The third-order valence-corrected chi connectivity index (χ3v) is 4.04. The van der Waals surface area contributed by atoms with E-state index >= 15 is 0 Å². The van der Waals surface area contributed by atoms with Crippen molar-refractivity contribution in [2.75, 3.05) is 12.3 Å². The Kier molecular flexibility index (Phi) is 4.30. The van der Waals surface area contributed by atoms with Crippen LogP contribution < -0.4 is 15.8 Å². The van der Waals surface area contributed by atoms with Crippen LogP contribution in [0.5, 0.6) is 5.75 Å². The molecule has 1 fully saturated rings. The van der Waals surface area contributed by atoms with Crippen molar-refractivity contribution in [1.29, 1.82) is 0 Å². The highest BCUT2D eigenvalue weighted by Gasteiger charge is 2.30. The molecular formula is C15H22N2O2. The van der Waals surface area contributed by atoms with Crippen molar-refractivity contribution in [3.05, 3.63) is 24.3 Å². The van der Waals surface area contributed by atoms with Crippen molar-refractivity contribution >= 4 is 11.6 Å². The van der Waals surface area contributed by atoms with Gasteiger partial charge in [-0.25, -0.2) is 0 Å². The average molecular weight is 262 g/mol. The van der Waals surface area contributed by atoms with E-state index in [2.05, 4.69) is 19.2 Å². The van der Waals surface area contributed by atoms with E-state index in [4.69, 9.17) is 10.5 Å². The summed E-state index contributed by atoms with van der Waals surface area (Å²) in [6.45, 7) is 4.47. The first-order valence-electron chi connectivity index (χ1n) is 6.84. The molecule has 4 nitrogen and oxygen atoms in total. The lowest BCUT2D eigenvalue weighted by atomic mass is 9.98. The van der Waals surface area contributed by atoms with Gasteiger partial charge in [0.05, 0.1) is 0 Å². The van der Waals surface area contributed by atoms with Gasteiger partial charge in [0, 0.05) is 17.8 Å². The number of ether oxygens (including phenoxy) is 1. The minimum absolute atomic E-state index is 0.0427. The van der Waals surface area contributed by atoms with E-state index in [-0.39, 0.29) is 18.6 Å². The lowest BCUT2D eigenvalue weighted by Gasteiger charge is -2.19. The van der Waals surface area contributed by atoms with Gasteiger partial charge in [0.25, 0.3) is 5.91 Å². The monoisotopic (exact) mass is 262 g/mol. The Morgan fingerprint density at radius 2 is 2.21 bits per heavy atom. The Balaban J connectivity index is 1.79. The van der Waals surface area contributed by atoms with Gasteiger partial charge in [-0.1, -0.05) is 19.9 Å². The van der Waals surface area contributed by atoms with Crippen LogP contribution in [0.4, 0.5) is 5.69 Å². The van der Waals surface area contributed by atoms with Gasteiger partial charge < -0.3 is 15.8 Å². The minimum Gasteiger partial charge on any atom is -0.484 e. The van der Waals surface area contributed by atoms with E-state index in [1.54, 1.807) is 18.2 Å². The molecule has 0 saturated heterocycles. The molecule has 0 aromatic heterocycles. The van der Waals surface area contributed by atoms with Gasteiger partial charge in [-0.05, 0) is 36.8 Å². The molecule has 4 heteroatoms. The van der Waals surface area contributed by atoms with Crippen molar-refractivity contribution in [3.63, 3.8) is 0 Å². The van der Waals surface area contributed by atoms with E-state index in [0.29, 0.717) is 23.3 Å². The van der Waals surface area contributed by atoms with Crippen molar-refractivity contribution in [2.24, 2.45) is 11.8 Å². The van der Waals surface area contributed by atoms with Crippen LogP contribution in [0.15, 0.2) is 24.3 Å². The number of carbonyl (C=O) groups is 1. The first-order valence-corrected chi connectivity index (χ1v) is 6.84. The number of nitrogen functional groups attached to an aromatic ring is 1. The van der Waals surface area contributed by atoms with Crippen LogP contribution in [0.3, 0.4) is 0 Å². The number of rotatable bonds is 4. The largest absolute Gasteiger partial charge is 0.484 e. The zero-order chi connectivity index (χ0) is 13.8. The van der Waals surface area contributed by atoms with Crippen molar-refractivity contribution < 1.29 is 9.53 Å². The quantitative estimate of drug-likeness (QED) is 0.818. The van der Waals surface area contributed by atoms with Crippen molar-refractivity contribution in [2.45, 2.75) is 32.7 Å². The molecule has 19 heavy (non-hydrogen) atoms. The second-order valence-electron chi connectivity index (χ2n) is 5.45. The van der Waals surface area contributed by atoms with Crippen LogP contribution in [-0.4, -0.2) is 18.6 Å². The zero-order valence-corrected chi connectivity index (χ0v) is 11.6. The number of anilines is 1. The maximum Gasteiger partial charge on any atom is 0.258 e. The molecule has 3 atom stereocenters. The van der Waals surface area contributed by atoms with Gasteiger partial charge in [0.15, 0.2) is 6.61 Å². The van der Waals surface area contributed by atoms with Gasteiger partial charge in [0.1, 0.15) is 5.75 Å². The summed E-state index contributed by atoms with van der Waals surface area (Å²) < 4.78 is 5.43. The molecule has 1 saturated carbocycles. The summed E-state index contributed by atoms with van der Waals surface area (Å²) in [7, 11) is 0. The molecule has 3 unspecified atom stereocenters. The molecule has 1 aliphatic carbocycles. The van der Waals surface area contributed by atoms with Gasteiger partial charge in [-0.15, -0.1) is 0 Å². The molecule has 0 bridgehead atoms. The van der Waals surface area contributed by atoms with Gasteiger partial charge in [0.2, 0.25) is 0 Å². The normalized spacial score (nSPS) is 26.1. The van der Waals surface area contributed by atoms with E-state index in [0.717, 1.165) is 6.42 Å². The highest BCUT2D eigenvalue weighted by atomic mass is 16.5. The van der Waals surface area contributed by atoms with Gasteiger partial charge in [-0.3, -0.25) is 4.79 Å². The zero-order valence-electron chi connectivity index (χ0n) is 11.6. The van der Waals surface area contributed by atoms with E-state index in [1.165, 1.54) is 6.42 Å². The third kappa shape index (κ3) is 3.63. The Morgan fingerprint density at radius 3 is 2.84 bits per heavy atom. The first-order chi connectivity index (χ1) is 9.06. The Morgan fingerprint density at radius 1 is 1.42 bits per heavy atom. The molecule has 0 spiro atoms. The average Bonchev–Trinajstić information content (AvgIpc) is 2.69. The topological polar surface area (TPSA) is 64.3 Å². The van der Waals surface area contributed by atoms with Crippen molar-refractivity contribution in [1.82, 2.24) is 5.32 Å². The molecule has 1 amide bonds. The van der Waals surface area contributed by atoms with Gasteiger partial charge in [-0.2, -0.15) is 0 Å². The van der Waals surface area contributed by atoms with E-state index < -0.39 is 0 Å². The van der Waals surface area contributed by atoms with Crippen LogP contribution in [-0.2, 0) is 4.79 Å². The van der Waals surface area contributed by atoms with E-state index in [9.17, 15) is 4.79 Å². The predicted octanol–water partition coefficient (Wildman–Crippen LogP) is 2.20. The predicted molar refractivity (Wildman–Crippen MR) is 75.8 cm³/mol. The smallest absolute Gasteiger partial charge is 0.258 e. The maximum absolute atomic E-state index is 11.8. The molecule has 2 rings (SSSR count). The molecule has 0 aliphatic heterocycles. The molecular weight excluding hydrogens is 240 g/mol. The molecule has 1 aromatic carbocycles. The summed E-state index contributed by atoms with van der Waals surface area (Å²) >= 11 is 0. The van der Waals surface area contributed by atoms with Crippen LogP contribution in [0.1, 0.15) is 26.7 Å². The summed E-state index contributed by atoms with van der Waals surface area (Å²) in [4.78, 5) is 11.8. The standard InChI is InChI=1S/C15H22N2O2/c1-10-6-7-14(11(10)2)17-15(18)9-19-13-5-3-4-12(16)8-13/h3-5,8,10-11,14H,6-7,9,16H2,1-2H3,(H,17,18). The number of carbonyl (C=O) groups excluding carboxylic acids is 1. The van der Waals surface area contributed by atoms with Crippen LogP contribution in [0, 0.1) is 11.8 Å². The fraction of sp³-hybridized carbons (Fsp3) is 0.533. The highest BCUT2D eigenvalue weighted by Crippen LogP contribution is 2.30. The summed E-state index contributed by atoms with van der Waals surface area (Å²) in [6.07, 6.45) is 2.24. The second-order valence-corrected chi connectivity index (χ2v) is 5.45. The Hall–Kier alpha value is -1.71. The Bertz CT molecular complexity index is 448. The summed E-state index contributed by atoms with van der Waals surface area (Å²) in [6, 6.07) is 7.39. The number of benzene rings is 1. The summed E-state index contributed by atoms with van der Waals surface area (Å²) in [5.41, 5.74) is 6.29. The van der Waals surface area contributed by atoms with Crippen LogP contribution >= 0.6 is 0 Å². The first kappa shape index (κ1) is 13.7. The number of hydrogen-bond donors (Lipinski definition) is 2. The number of nitrogens with one attached hydrogen (secondary N) is 1. The highest BCUT2D eigenvalue weighted by molar-refractivity contribution is 5.78. The Labute approximate surface area is 114 Å². The number of nitrogens with two attached hydrogens (primary N) is 1. The fourth-order valence-corrected chi connectivity index (χ4v) is 2.57. The summed E-state index contributed by atoms with van der Waals surface area (Å²) in [5.74, 6) is 1.79. The number of amides is 1. The molecule has 104 valence electrons. The van der Waals surface area contributed by atoms with Crippen molar-refractivity contribution in [3.8, 4) is 5.75 Å². The maximum atomic E-state index is 11.8.